The van der Waals surface area contributed by atoms with Crippen molar-refractivity contribution in [1.82, 2.24) is 0 Å². The summed E-state index contributed by atoms with van der Waals surface area (Å²) in [6.07, 6.45) is -4.91. The first-order valence-electron chi connectivity index (χ1n) is 5.86. The highest BCUT2D eigenvalue weighted by Crippen LogP contribution is 2.35. The van der Waals surface area contributed by atoms with Gasteiger partial charge in [-0.05, 0) is 23.8 Å². The molecule has 8 heteroatoms. The molecule has 0 aliphatic heterocycles. The van der Waals surface area contributed by atoms with E-state index in [1.165, 1.54) is 18.2 Å². The van der Waals surface area contributed by atoms with Crippen LogP contribution in [0, 0.1) is 5.82 Å². The molecule has 0 amide bonds. The molecule has 0 heterocycles. The van der Waals surface area contributed by atoms with Gasteiger partial charge in [-0.2, -0.15) is 8.78 Å². The first kappa shape index (κ1) is 16.0. The van der Waals surface area contributed by atoms with Crippen molar-refractivity contribution in [2.24, 2.45) is 0 Å². The number of hydrogen-bond donors (Lipinski definition) is 0. The van der Waals surface area contributed by atoms with E-state index in [-0.39, 0.29) is 11.1 Å². The van der Waals surface area contributed by atoms with Crippen molar-refractivity contribution in [3.63, 3.8) is 0 Å². The van der Waals surface area contributed by atoms with Crippen molar-refractivity contribution >= 4 is 0 Å². The Kier molecular flexibility index (Phi) is 4.48. The second-order valence-electron chi connectivity index (χ2n) is 4.07. The molecule has 2 nitrogen and oxygen atoms in total. The third kappa shape index (κ3) is 4.06. The summed E-state index contributed by atoms with van der Waals surface area (Å²) >= 11 is 0. The van der Waals surface area contributed by atoms with Crippen LogP contribution in [-0.2, 0) is 0 Å². The van der Waals surface area contributed by atoms with E-state index in [4.69, 9.17) is 0 Å². The molecule has 0 unspecified atom stereocenters. The summed E-state index contributed by atoms with van der Waals surface area (Å²) in [5.41, 5.74) is -0.0127. The molecule has 2 aromatic rings. The first-order chi connectivity index (χ1) is 10.3. The highest BCUT2D eigenvalue weighted by Gasteiger charge is 2.32. The maximum absolute atomic E-state index is 13.6. The molecule has 0 aliphatic carbocycles. The van der Waals surface area contributed by atoms with Crippen molar-refractivity contribution in [3.8, 4) is 22.6 Å². The van der Waals surface area contributed by atoms with Gasteiger partial charge in [-0.1, -0.05) is 24.3 Å². The second kappa shape index (κ2) is 6.17. The van der Waals surface area contributed by atoms with Gasteiger partial charge in [0.2, 0.25) is 0 Å². The molecule has 0 N–H and O–H groups in total. The van der Waals surface area contributed by atoms with Gasteiger partial charge < -0.3 is 9.47 Å². The van der Waals surface area contributed by atoms with Crippen LogP contribution in [0.4, 0.5) is 26.3 Å². The quantitative estimate of drug-likeness (QED) is 0.738. The van der Waals surface area contributed by atoms with E-state index in [2.05, 4.69) is 9.47 Å². The third-order valence-electron chi connectivity index (χ3n) is 2.57. The minimum Gasteiger partial charge on any atom is -0.432 e. The zero-order chi connectivity index (χ0) is 16.3. The van der Waals surface area contributed by atoms with E-state index in [0.717, 1.165) is 24.3 Å². The SMILES string of the molecule is Fc1cc(-c2ccccc2OC(F)(F)F)ccc1OC(F)F. The Morgan fingerprint density at radius 2 is 1.59 bits per heavy atom. The van der Waals surface area contributed by atoms with Gasteiger partial charge in [-0.15, -0.1) is 13.2 Å². The molecule has 0 bridgehead atoms. The molecule has 0 radical (unpaired) electrons. The summed E-state index contributed by atoms with van der Waals surface area (Å²) in [7, 11) is 0. The molecule has 2 aromatic carbocycles. The van der Waals surface area contributed by atoms with Crippen LogP contribution in [0.1, 0.15) is 0 Å². The van der Waals surface area contributed by atoms with Crippen molar-refractivity contribution in [1.29, 1.82) is 0 Å². The van der Waals surface area contributed by atoms with Crippen LogP contribution in [0.15, 0.2) is 42.5 Å². The van der Waals surface area contributed by atoms with Crippen molar-refractivity contribution in [2.75, 3.05) is 0 Å². The first-order valence-corrected chi connectivity index (χ1v) is 5.86. The Morgan fingerprint density at radius 1 is 0.909 bits per heavy atom. The Hall–Kier alpha value is -2.38. The van der Waals surface area contributed by atoms with Gasteiger partial charge >= 0.3 is 13.0 Å². The summed E-state index contributed by atoms with van der Waals surface area (Å²) in [5, 5.41) is 0. The van der Waals surface area contributed by atoms with E-state index in [1.54, 1.807) is 0 Å². The summed E-state index contributed by atoms with van der Waals surface area (Å²) in [4.78, 5) is 0. The fourth-order valence-corrected chi connectivity index (χ4v) is 1.78. The molecule has 2 rings (SSSR count). The monoisotopic (exact) mass is 322 g/mol. The number of benzene rings is 2. The molecule has 0 spiro atoms. The van der Waals surface area contributed by atoms with E-state index in [1.807, 2.05) is 0 Å². The Labute approximate surface area is 120 Å². The van der Waals surface area contributed by atoms with Crippen LogP contribution in [-0.4, -0.2) is 13.0 Å². The molecule has 118 valence electrons. The van der Waals surface area contributed by atoms with E-state index >= 15 is 0 Å². The van der Waals surface area contributed by atoms with Crippen LogP contribution >= 0.6 is 0 Å². The molecule has 0 saturated carbocycles. The van der Waals surface area contributed by atoms with Gasteiger partial charge in [-0.25, -0.2) is 4.39 Å². The summed E-state index contributed by atoms with van der Waals surface area (Å²) in [5.74, 6) is -2.36. The van der Waals surface area contributed by atoms with Crippen LogP contribution < -0.4 is 9.47 Å². The van der Waals surface area contributed by atoms with Crippen LogP contribution in [0.2, 0.25) is 0 Å². The van der Waals surface area contributed by atoms with Crippen molar-refractivity contribution in [2.45, 2.75) is 13.0 Å². The van der Waals surface area contributed by atoms with Gasteiger partial charge in [0.15, 0.2) is 11.6 Å². The van der Waals surface area contributed by atoms with Crippen LogP contribution in [0.5, 0.6) is 11.5 Å². The molecule has 0 fully saturated rings. The van der Waals surface area contributed by atoms with Gasteiger partial charge in [0.1, 0.15) is 5.75 Å². The molecule has 0 saturated heterocycles. The molecule has 0 aliphatic rings. The van der Waals surface area contributed by atoms with Gasteiger partial charge in [-0.3, -0.25) is 0 Å². The number of ether oxygens (including phenoxy) is 2. The lowest BCUT2D eigenvalue weighted by Gasteiger charge is -2.14. The zero-order valence-corrected chi connectivity index (χ0v) is 10.7. The largest absolute Gasteiger partial charge is 0.573 e. The number of rotatable bonds is 4. The number of para-hydroxylation sites is 1. The predicted octanol–water partition coefficient (Wildman–Crippen LogP) is 4.99. The van der Waals surface area contributed by atoms with Crippen molar-refractivity contribution in [3.05, 3.63) is 48.3 Å². The number of alkyl halides is 5. The average molecular weight is 322 g/mol. The topological polar surface area (TPSA) is 18.5 Å². The normalized spacial score (nSPS) is 11.6. The molecular weight excluding hydrogens is 314 g/mol. The number of halogens is 6. The van der Waals surface area contributed by atoms with E-state index < -0.39 is 30.3 Å². The van der Waals surface area contributed by atoms with Gasteiger partial charge in [0.05, 0.1) is 0 Å². The maximum Gasteiger partial charge on any atom is 0.573 e. The molecule has 0 aromatic heterocycles. The molecule has 0 atom stereocenters. The zero-order valence-electron chi connectivity index (χ0n) is 10.7. The summed E-state index contributed by atoms with van der Waals surface area (Å²) < 4.78 is 82.5. The third-order valence-corrected chi connectivity index (χ3v) is 2.57. The van der Waals surface area contributed by atoms with Crippen LogP contribution in [0.25, 0.3) is 11.1 Å². The molecular formula is C14H8F6O2. The maximum atomic E-state index is 13.6. The Balaban J connectivity index is 2.38. The Morgan fingerprint density at radius 3 is 2.18 bits per heavy atom. The minimum absolute atomic E-state index is 0.0268. The highest BCUT2D eigenvalue weighted by molar-refractivity contribution is 5.71. The minimum atomic E-state index is -4.91. The smallest absolute Gasteiger partial charge is 0.432 e. The van der Waals surface area contributed by atoms with E-state index in [0.29, 0.717) is 0 Å². The standard InChI is InChI=1S/C14H8F6O2/c15-10-7-8(5-6-12(10)21-13(16)17)9-3-1-2-4-11(9)22-14(18,19)20/h1-7,13H. The molecule has 22 heavy (non-hydrogen) atoms. The predicted molar refractivity (Wildman–Crippen MR) is 65.2 cm³/mol. The lowest BCUT2D eigenvalue weighted by Crippen LogP contribution is -2.17. The van der Waals surface area contributed by atoms with E-state index in [9.17, 15) is 26.3 Å². The fourth-order valence-electron chi connectivity index (χ4n) is 1.78. The van der Waals surface area contributed by atoms with Crippen LogP contribution in [0.3, 0.4) is 0 Å². The summed E-state index contributed by atoms with van der Waals surface area (Å²) in [6, 6.07) is 7.93. The Bertz CT molecular complexity index is 654. The summed E-state index contributed by atoms with van der Waals surface area (Å²) in [6.45, 7) is -3.21. The van der Waals surface area contributed by atoms with Gasteiger partial charge in [0, 0.05) is 5.56 Å². The lowest BCUT2D eigenvalue weighted by molar-refractivity contribution is -0.274. The average Bonchev–Trinajstić information content (AvgIpc) is 2.39. The fraction of sp³-hybridized carbons (Fsp3) is 0.143. The number of hydrogen-bond acceptors (Lipinski definition) is 2. The van der Waals surface area contributed by atoms with Crippen molar-refractivity contribution < 1.29 is 35.8 Å². The van der Waals surface area contributed by atoms with Gasteiger partial charge in [0.25, 0.3) is 0 Å². The second-order valence-corrected chi connectivity index (χ2v) is 4.07. The lowest BCUT2D eigenvalue weighted by atomic mass is 10.0. The highest BCUT2D eigenvalue weighted by atomic mass is 19.4.